The van der Waals surface area contributed by atoms with Crippen LogP contribution < -0.4 is 0 Å². The molecular formula is C15H18BrNO3. The summed E-state index contributed by atoms with van der Waals surface area (Å²) in [6.45, 7) is 1.19. The monoisotopic (exact) mass is 339 g/mol. The molecule has 1 saturated carbocycles. The highest BCUT2D eigenvalue weighted by Crippen LogP contribution is 2.31. The Morgan fingerprint density at radius 2 is 2.15 bits per heavy atom. The molecule has 1 saturated heterocycles. The van der Waals surface area contributed by atoms with Gasteiger partial charge in [0.15, 0.2) is 0 Å². The lowest BCUT2D eigenvalue weighted by molar-refractivity contribution is -0.0753. The summed E-state index contributed by atoms with van der Waals surface area (Å²) in [6.07, 6.45) is 4.50. The second kappa shape index (κ2) is 5.74. The van der Waals surface area contributed by atoms with Crippen LogP contribution in [0.4, 0.5) is 0 Å². The van der Waals surface area contributed by atoms with Crippen LogP contribution in [0, 0.1) is 0 Å². The number of amides is 1. The van der Waals surface area contributed by atoms with Crippen LogP contribution in [-0.4, -0.2) is 41.2 Å². The fourth-order valence-corrected chi connectivity index (χ4v) is 3.54. The number of phenolic OH excluding ortho intramolecular Hbond substituents is 1. The topological polar surface area (TPSA) is 49.8 Å². The molecule has 1 N–H and O–H groups in total. The van der Waals surface area contributed by atoms with E-state index in [9.17, 15) is 9.90 Å². The van der Waals surface area contributed by atoms with Crippen LogP contribution in [0.1, 0.15) is 36.0 Å². The van der Waals surface area contributed by atoms with Crippen molar-refractivity contribution >= 4 is 21.8 Å². The Morgan fingerprint density at radius 1 is 1.35 bits per heavy atom. The number of hydrogen-bond donors (Lipinski definition) is 1. The quantitative estimate of drug-likeness (QED) is 0.855. The molecule has 4 nitrogen and oxygen atoms in total. The lowest BCUT2D eigenvalue weighted by Crippen LogP contribution is -2.54. The number of nitrogens with zero attached hydrogens (tertiary/aromatic N) is 1. The average Bonchev–Trinajstić information content (AvgIpc) is 2.46. The fourth-order valence-electron chi connectivity index (χ4n) is 3.19. The predicted octanol–water partition coefficient (Wildman–Crippen LogP) is 2.94. The van der Waals surface area contributed by atoms with E-state index in [1.165, 1.54) is 6.42 Å². The summed E-state index contributed by atoms with van der Waals surface area (Å²) in [5.74, 6) is -0.0570. The second-order valence-electron chi connectivity index (χ2n) is 5.42. The van der Waals surface area contributed by atoms with Gasteiger partial charge in [0.1, 0.15) is 5.75 Å². The summed E-state index contributed by atoms with van der Waals surface area (Å²) in [6, 6.07) is 5.18. The van der Waals surface area contributed by atoms with Gasteiger partial charge in [-0.2, -0.15) is 0 Å². The molecule has 0 radical (unpaired) electrons. The minimum atomic E-state index is -0.0878. The van der Waals surface area contributed by atoms with E-state index in [0.717, 1.165) is 23.7 Å². The van der Waals surface area contributed by atoms with Gasteiger partial charge < -0.3 is 14.7 Å². The highest BCUT2D eigenvalue weighted by molar-refractivity contribution is 9.10. The molecule has 2 aliphatic rings. The smallest absolute Gasteiger partial charge is 0.258 e. The van der Waals surface area contributed by atoms with Gasteiger partial charge in [-0.25, -0.2) is 0 Å². The standard InChI is InChI=1S/C15H18BrNO3/c16-10-5-6-11(13(18)9-10)15(19)17-7-8-20-14-4-2-1-3-12(14)17/h5-6,9,12,14,18H,1-4,7-8H2. The van der Waals surface area contributed by atoms with Gasteiger partial charge in [-0.15, -0.1) is 0 Å². The van der Waals surface area contributed by atoms with Crippen LogP contribution in [-0.2, 0) is 4.74 Å². The van der Waals surface area contributed by atoms with Crippen molar-refractivity contribution in [3.8, 4) is 5.75 Å². The minimum absolute atomic E-state index is 0.0308. The third kappa shape index (κ3) is 2.56. The number of ether oxygens (including phenoxy) is 1. The maximum Gasteiger partial charge on any atom is 0.258 e. The first-order valence-corrected chi connectivity index (χ1v) is 7.87. The number of carbonyl (C=O) groups excluding carboxylic acids is 1. The number of hydrogen-bond acceptors (Lipinski definition) is 3. The van der Waals surface area contributed by atoms with E-state index in [1.807, 2.05) is 4.90 Å². The van der Waals surface area contributed by atoms with Crippen LogP contribution in [0.15, 0.2) is 22.7 Å². The number of carbonyl (C=O) groups is 1. The van der Waals surface area contributed by atoms with E-state index in [2.05, 4.69) is 15.9 Å². The minimum Gasteiger partial charge on any atom is -0.507 e. The van der Waals surface area contributed by atoms with E-state index in [1.54, 1.807) is 18.2 Å². The van der Waals surface area contributed by atoms with Crippen molar-refractivity contribution in [2.45, 2.75) is 37.8 Å². The highest BCUT2D eigenvalue weighted by atomic mass is 79.9. The van der Waals surface area contributed by atoms with Crippen molar-refractivity contribution < 1.29 is 14.6 Å². The Kier molecular flexibility index (Phi) is 3.98. The van der Waals surface area contributed by atoms with Crippen LogP contribution in [0.25, 0.3) is 0 Å². The van der Waals surface area contributed by atoms with Gasteiger partial charge in [0, 0.05) is 11.0 Å². The Morgan fingerprint density at radius 3 is 2.95 bits per heavy atom. The molecule has 3 rings (SSSR count). The molecule has 108 valence electrons. The summed E-state index contributed by atoms with van der Waals surface area (Å²) in [5.41, 5.74) is 0.374. The van der Waals surface area contributed by atoms with Crippen LogP contribution in [0.5, 0.6) is 5.75 Å². The first-order valence-electron chi connectivity index (χ1n) is 7.08. The van der Waals surface area contributed by atoms with E-state index < -0.39 is 0 Å². The number of rotatable bonds is 1. The van der Waals surface area contributed by atoms with Crippen molar-refractivity contribution in [3.63, 3.8) is 0 Å². The molecule has 1 amide bonds. The number of halogens is 1. The van der Waals surface area contributed by atoms with E-state index >= 15 is 0 Å². The highest BCUT2D eigenvalue weighted by Gasteiger charge is 2.37. The van der Waals surface area contributed by atoms with Crippen LogP contribution in [0.2, 0.25) is 0 Å². The van der Waals surface area contributed by atoms with Crippen LogP contribution in [0.3, 0.4) is 0 Å². The molecule has 0 spiro atoms. The molecule has 0 bridgehead atoms. The Hall–Kier alpha value is -1.07. The van der Waals surface area contributed by atoms with E-state index in [0.29, 0.717) is 18.7 Å². The van der Waals surface area contributed by atoms with Gasteiger partial charge >= 0.3 is 0 Å². The first-order chi connectivity index (χ1) is 9.66. The zero-order valence-electron chi connectivity index (χ0n) is 11.2. The number of morpholine rings is 1. The Labute approximate surface area is 126 Å². The lowest BCUT2D eigenvalue weighted by atomic mass is 9.89. The van der Waals surface area contributed by atoms with Gasteiger partial charge in [-0.3, -0.25) is 4.79 Å². The molecule has 1 aliphatic carbocycles. The maximum atomic E-state index is 12.7. The fraction of sp³-hybridized carbons (Fsp3) is 0.533. The number of phenols is 1. The first kappa shape index (κ1) is 13.9. The summed E-state index contributed by atoms with van der Waals surface area (Å²) in [7, 11) is 0. The average molecular weight is 340 g/mol. The second-order valence-corrected chi connectivity index (χ2v) is 6.34. The molecule has 5 heteroatoms. The predicted molar refractivity (Wildman–Crippen MR) is 78.8 cm³/mol. The summed E-state index contributed by atoms with van der Waals surface area (Å²) < 4.78 is 6.55. The molecule has 20 heavy (non-hydrogen) atoms. The van der Waals surface area contributed by atoms with Gasteiger partial charge in [0.2, 0.25) is 0 Å². The third-order valence-corrected chi connectivity index (χ3v) is 4.68. The molecule has 1 aromatic carbocycles. The Balaban J connectivity index is 1.85. The number of fused-ring (bicyclic) bond motifs is 1. The van der Waals surface area contributed by atoms with Crippen molar-refractivity contribution in [1.82, 2.24) is 4.90 Å². The molecule has 1 aromatic rings. The molecular weight excluding hydrogens is 322 g/mol. The molecule has 2 unspecified atom stereocenters. The lowest BCUT2D eigenvalue weighted by Gasteiger charge is -2.43. The maximum absolute atomic E-state index is 12.7. The summed E-state index contributed by atoms with van der Waals surface area (Å²) >= 11 is 3.29. The number of aromatic hydroxyl groups is 1. The van der Waals surface area contributed by atoms with Gasteiger partial charge in [0.25, 0.3) is 5.91 Å². The van der Waals surface area contributed by atoms with Crippen molar-refractivity contribution in [2.24, 2.45) is 0 Å². The SMILES string of the molecule is O=C(c1ccc(Br)cc1O)N1CCOC2CCCCC21. The molecule has 1 aliphatic heterocycles. The van der Waals surface area contributed by atoms with E-state index in [4.69, 9.17) is 4.74 Å². The molecule has 0 aromatic heterocycles. The van der Waals surface area contributed by atoms with Gasteiger partial charge in [0.05, 0.1) is 24.3 Å². The molecule has 2 atom stereocenters. The summed E-state index contributed by atoms with van der Waals surface area (Å²) in [4.78, 5) is 14.6. The normalized spacial score (nSPS) is 26.1. The van der Waals surface area contributed by atoms with Crippen molar-refractivity contribution in [3.05, 3.63) is 28.2 Å². The third-order valence-electron chi connectivity index (χ3n) is 4.18. The number of benzene rings is 1. The van der Waals surface area contributed by atoms with Crippen molar-refractivity contribution in [1.29, 1.82) is 0 Å². The largest absolute Gasteiger partial charge is 0.507 e. The van der Waals surface area contributed by atoms with Gasteiger partial charge in [-0.1, -0.05) is 28.8 Å². The van der Waals surface area contributed by atoms with E-state index in [-0.39, 0.29) is 23.8 Å². The van der Waals surface area contributed by atoms with Crippen molar-refractivity contribution in [2.75, 3.05) is 13.2 Å². The summed E-state index contributed by atoms with van der Waals surface area (Å²) in [5, 5.41) is 9.98. The zero-order valence-corrected chi connectivity index (χ0v) is 12.8. The van der Waals surface area contributed by atoms with Crippen LogP contribution >= 0.6 is 15.9 Å². The Bertz CT molecular complexity index is 518. The molecule has 1 heterocycles. The zero-order chi connectivity index (χ0) is 14.1. The van der Waals surface area contributed by atoms with Gasteiger partial charge in [-0.05, 0) is 31.0 Å². The molecule has 2 fully saturated rings.